The van der Waals surface area contributed by atoms with Crippen molar-refractivity contribution in [3.05, 3.63) is 17.5 Å². The first-order valence-corrected chi connectivity index (χ1v) is 7.64. The number of amides is 3. The monoisotopic (exact) mass is 309 g/mol. The van der Waals surface area contributed by atoms with Crippen LogP contribution in [0, 0.1) is 0 Å². The number of hydrogen-bond donors (Lipinski definition) is 2. The van der Waals surface area contributed by atoms with Crippen LogP contribution in [0.15, 0.2) is 6.07 Å². The van der Waals surface area contributed by atoms with Crippen molar-refractivity contribution in [2.24, 2.45) is 0 Å². The van der Waals surface area contributed by atoms with E-state index in [-0.39, 0.29) is 11.9 Å². The third-order valence-corrected chi connectivity index (χ3v) is 3.39. The standard InChI is InChI=1S/C15H27N5O2/c1-6-8-11-9-12(18-17-11)10-20(5)15(22)16-13(7-2)14(21)19(3)4/h9,13H,6-8,10H2,1-5H3,(H,16,22)(H,17,18)/t13-/m1/s1. The van der Waals surface area contributed by atoms with Crippen molar-refractivity contribution in [2.45, 2.75) is 45.7 Å². The summed E-state index contributed by atoms with van der Waals surface area (Å²) in [4.78, 5) is 27.2. The molecular weight excluding hydrogens is 282 g/mol. The highest BCUT2D eigenvalue weighted by atomic mass is 16.2. The number of aromatic amines is 1. The van der Waals surface area contributed by atoms with E-state index in [0.29, 0.717) is 13.0 Å². The number of hydrogen-bond acceptors (Lipinski definition) is 3. The van der Waals surface area contributed by atoms with Gasteiger partial charge in [-0.1, -0.05) is 20.3 Å². The molecule has 0 fully saturated rings. The van der Waals surface area contributed by atoms with E-state index in [4.69, 9.17) is 0 Å². The maximum atomic E-state index is 12.2. The van der Waals surface area contributed by atoms with Gasteiger partial charge in [0.2, 0.25) is 5.91 Å². The minimum absolute atomic E-state index is 0.101. The van der Waals surface area contributed by atoms with Gasteiger partial charge >= 0.3 is 6.03 Å². The van der Waals surface area contributed by atoms with Gasteiger partial charge in [-0.2, -0.15) is 5.10 Å². The van der Waals surface area contributed by atoms with Gasteiger partial charge in [0.15, 0.2) is 0 Å². The van der Waals surface area contributed by atoms with E-state index in [9.17, 15) is 9.59 Å². The molecule has 1 rings (SSSR count). The lowest BCUT2D eigenvalue weighted by Gasteiger charge is -2.24. The van der Waals surface area contributed by atoms with Gasteiger partial charge in [0.1, 0.15) is 6.04 Å². The molecule has 1 heterocycles. The minimum Gasteiger partial charge on any atom is -0.347 e. The van der Waals surface area contributed by atoms with Crippen molar-refractivity contribution in [1.29, 1.82) is 0 Å². The number of nitrogens with one attached hydrogen (secondary N) is 2. The Kier molecular flexibility index (Phi) is 6.88. The smallest absolute Gasteiger partial charge is 0.318 e. The molecule has 0 aliphatic carbocycles. The lowest BCUT2D eigenvalue weighted by molar-refractivity contribution is -0.130. The second-order valence-electron chi connectivity index (χ2n) is 5.63. The lowest BCUT2D eigenvalue weighted by Crippen LogP contribution is -2.49. The van der Waals surface area contributed by atoms with Crippen LogP contribution >= 0.6 is 0 Å². The topological polar surface area (TPSA) is 81.3 Å². The maximum absolute atomic E-state index is 12.2. The maximum Gasteiger partial charge on any atom is 0.318 e. The second kappa shape index (κ2) is 8.41. The molecule has 0 aliphatic rings. The predicted molar refractivity (Wildman–Crippen MR) is 85.4 cm³/mol. The van der Waals surface area contributed by atoms with Crippen molar-refractivity contribution >= 4 is 11.9 Å². The summed E-state index contributed by atoms with van der Waals surface area (Å²) in [6.45, 7) is 4.40. The average molecular weight is 309 g/mol. The van der Waals surface area contributed by atoms with Crippen LogP contribution in [-0.2, 0) is 17.8 Å². The first-order chi connectivity index (χ1) is 10.4. The molecule has 0 saturated carbocycles. The fraction of sp³-hybridized carbons (Fsp3) is 0.667. The number of nitrogens with zero attached hydrogens (tertiary/aromatic N) is 3. The Morgan fingerprint density at radius 1 is 1.32 bits per heavy atom. The molecule has 0 aliphatic heterocycles. The zero-order chi connectivity index (χ0) is 16.7. The number of H-pyrrole nitrogens is 1. The van der Waals surface area contributed by atoms with Crippen molar-refractivity contribution < 1.29 is 9.59 Å². The Labute approximate surface area is 132 Å². The number of aromatic nitrogens is 2. The molecule has 0 spiro atoms. The lowest BCUT2D eigenvalue weighted by atomic mass is 10.2. The third kappa shape index (κ3) is 5.05. The Bertz CT molecular complexity index is 498. The highest BCUT2D eigenvalue weighted by Gasteiger charge is 2.22. The minimum atomic E-state index is -0.498. The van der Waals surface area contributed by atoms with Gasteiger partial charge in [0, 0.05) is 21.1 Å². The van der Waals surface area contributed by atoms with Crippen LogP contribution in [0.4, 0.5) is 4.79 Å². The van der Waals surface area contributed by atoms with Crippen molar-refractivity contribution in [2.75, 3.05) is 21.1 Å². The van der Waals surface area contributed by atoms with Gasteiger partial charge in [-0.3, -0.25) is 9.89 Å². The molecule has 0 unspecified atom stereocenters. The molecule has 1 aromatic heterocycles. The Morgan fingerprint density at radius 3 is 2.55 bits per heavy atom. The van der Waals surface area contributed by atoms with Crippen LogP contribution in [0.5, 0.6) is 0 Å². The number of carbonyl (C=O) groups excluding carboxylic acids is 2. The molecule has 7 nitrogen and oxygen atoms in total. The summed E-state index contributed by atoms with van der Waals surface area (Å²) >= 11 is 0. The van der Waals surface area contributed by atoms with Crippen molar-refractivity contribution in [3.63, 3.8) is 0 Å². The van der Waals surface area contributed by atoms with Crippen LogP contribution < -0.4 is 5.32 Å². The first kappa shape index (κ1) is 18.0. The first-order valence-electron chi connectivity index (χ1n) is 7.64. The molecule has 0 aromatic carbocycles. The number of likely N-dealkylation sites (N-methyl/N-ethyl adjacent to an activating group) is 1. The highest BCUT2D eigenvalue weighted by molar-refractivity contribution is 5.86. The summed E-state index contributed by atoms with van der Waals surface area (Å²) in [6, 6.07) is 1.20. The van der Waals surface area contributed by atoms with Gasteiger partial charge in [0.25, 0.3) is 0 Å². The Morgan fingerprint density at radius 2 is 2.00 bits per heavy atom. The van der Waals surface area contributed by atoms with Crippen LogP contribution in [0.1, 0.15) is 38.1 Å². The summed E-state index contributed by atoms with van der Waals surface area (Å²) in [6.07, 6.45) is 2.51. The molecule has 124 valence electrons. The Hall–Kier alpha value is -2.05. The molecular formula is C15H27N5O2. The number of rotatable bonds is 7. The Balaban J connectivity index is 2.58. The summed E-state index contributed by atoms with van der Waals surface area (Å²) in [5.74, 6) is -0.101. The summed E-state index contributed by atoms with van der Waals surface area (Å²) in [5, 5.41) is 9.90. The number of carbonyl (C=O) groups is 2. The quantitative estimate of drug-likeness (QED) is 0.798. The molecule has 22 heavy (non-hydrogen) atoms. The third-order valence-electron chi connectivity index (χ3n) is 3.39. The van der Waals surface area contributed by atoms with Crippen molar-refractivity contribution in [1.82, 2.24) is 25.3 Å². The molecule has 2 N–H and O–H groups in total. The van der Waals surface area contributed by atoms with Crippen LogP contribution in [0.2, 0.25) is 0 Å². The summed E-state index contributed by atoms with van der Waals surface area (Å²) in [5.41, 5.74) is 1.88. The SMILES string of the molecule is CCCc1cc(CN(C)C(=O)N[C@H](CC)C(=O)N(C)C)[nH]n1. The molecule has 1 aromatic rings. The second-order valence-corrected chi connectivity index (χ2v) is 5.63. The zero-order valence-corrected chi connectivity index (χ0v) is 14.1. The molecule has 7 heteroatoms. The summed E-state index contributed by atoms with van der Waals surface area (Å²) < 4.78 is 0. The van der Waals surface area contributed by atoms with Crippen LogP contribution in [0.25, 0.3) is 0 Å². The van der Waals surface area contributed by atoms with E-state index >= 15 is 0 Å². The number of urea groups is 1. The van der Waals surface area contributed by atoms with Crippen LogP contribution in [-0.4, -0.2) is 59.1 Å². The van der Waals surface area contributed by atoms with Gasteiger partial charge in [-0.05, 0) is 18.9 Å². The van der Waals surface area contributed by atoms with Gasteiger partial charge in [0.05, 0.1) is 17.9 Å². The van der Waals surface area contributed by atoms with E-state index in [1.165, 1.54) is 9.80 Å². The largest absolute Gasteiger partial charge is 0.347 e. The predicted octanol–water partition coefficient (Wildman–Crippen LogP) is 1.37. The van der Waals surface area contributed by atoms with E-state index in [1.54, 1.807) is 21.1 Å². The zero-order valence-electron chi connectivity index (χ0n) is 14.1. The van der Waals surface area contributed by atoms with Gasteiger partial charge in [-0.15, -0.1) is 0 Å². The average Bonchev–Trinajstić information content (AvgIpc) is 2.91. The van der Waals surface area contributed by atoms with E-state index in [0.717, 1.165) is 24.2 Å². The molecule has 3 amide bonds. The molecule has 0 saturated heterocycles. The summed E-state index contributed by atoms with van der Waals surface area (Å²) in [7, 11) is 5.06. The molecule has 0 bridgehead atoms. The fourth-order valence-corrected chi connectivity index (χ4v) is 2.11. The normalized spacial score (nSPS) is 11.9. The fourth-order valence-electron chi connectivity index (χ4n) is 2.11. The van der Waals surface area contributed by atoms with E-state index in [1.807, 2.05) is 13.0 Å². The van der Waals surface area contributed by atoms with Crippen LogP contribution in [0.3, 0.4) is 0 Å². The van der Waals surface area contributed by atoms with Crippen molar-refractivity contribution in [3.8, 4) is 0 Å². The number of aryl methyl sites for hydroxylation is 1. The molecule has 0 radical (unpaired) electrons. The van der Waals surface area contributed by atoms with E-state index in [2.05, 4.69) is 22.4 Å². The highest BCUT2D eigenvalue weighted by Crippen LogP contribution is 2.06. The van der Waals surface area contributed by atoms with Gasteiger partial charge < -0.3 is 15.1 Å². The molecule has 1 atom stereocenters. The van der Waals surface area contributed by atoms with E-state index < -0.39 is 6.04 Å². The van der Waals surface area contributed by atoms with Gasteiger partial charge in [-0.25, -0.2) is 4.79 Å².